The molecule has 0 radical (unpaired) electrons. The van der Waals surface area contributed by atoms with Crippen molar-refractivity contribution in [3.8, 4) is 6.07 Å². The third-order valence-electron chi connectivity index (χ3n) is 2.65. The zero-order valence-corrected chi connectivity index (χ0v) is 9.61. The summed E-state index contributed by atoms with van der Waals surface area (Å²) in [5.41, 5.74) is 0.994. The third kappa shape index (κ3) is 1.44. The standard InChI is InChI=1S/C11H14N2S/c1-10(2,3)8-6-14-9(13-8)11(7-12)4-5-11/h6H,4-5H2,1-3H3. The molecule has 14 heavy (non-hydrogen) atoms. The fourth-order valence-electron chi connectivity index (χ4n) is 1.34. The van der Waals surface area contributed by atoms with Crippen molar-refractivity contribution in [2.45, 2.75) is 44.4 Å². The van der Waals surface area contributed by atoms with Gasteiger partial charge in [0.25, 0.3) is 0 Å². The Hall–Kier alpha value is -0.880. The lowest BCUT2D eigenvalue weighted by atomic mass is 9.93. The Morgan fingerprint density at radius 3 is 2.50 bits per heavy atom. The maximum atomic E-state index is 9.04. The predicted molar refractivity (Wildman–Crippen MR) is 57.3 cm³/mol. The van der Waals surface area contributed by atoms with Crippen LogP contribution in [0.2, 0.25) is 0 Å². The van der Waals surface area contributed by atoms with E-state index in [0.717, 1.165) is 23.5 Å². The Labute approximate surface area is 88.6 Å². The lowest BCUT2D eigenvalue weighted by Crippen LogP contribution is -2.12. The molecule has 0 atom stereocenters. The molecule has 1 aromatic rings. The molecule has 2 nitrogen and oxygen atoms in total. The summed E-state index contributed by atoms with van der Waals surface area (Å²) in [6.45, 7) is 6.45. The first-order chi connectivity index (χ1) is 6.48. The van der Waals surface area contributed by atoms with E-state index < -0.39 is 0 Å². The van der Waals surface area contributed by atoms with Crippen LogP contribution in [0.4, 0.5) is 0 Å². The third-order valence-corrected chi connectivity index (χ3v) is 3.69. The van der Waals surface area contributed by atoms with Crippen molar-refractivity contribution in [1.82, 2.24) is 4.98 Å². The van der Waals surface area contributed by atoms with Gasteiger partial charge >= 0.3 is 0 Å². The zero-order valence-electron chi connectivity index (χ0n) is 8.79. The van der Waals surface area contributed by atoms with Crippen molar-refractivity contribution >= 4 is 11.3 Å². The normalized spacial score (nSPS) is 19.0. The van der Waals surface area contributed by atoms with Crippen LogP contribution >= 0.6 is 11.3 Å². The topological polar surface area (TPSA) is 36.7 Å². The molecule has 1 aromatic heterocycles. The molecule has 0 aliphatic heterocycles. The second-order valence-corrected chi connectivity index (χ2v) is 5.84. The van der Waals surface area contributed by atoms with Gasteiger partial charge in [-0.3, -0.25) is 0 Å². The van der Waals surface area contributed by atoms with Gasteiger partial charge in [-0.15, -0.1) is 11.3 Å². The molecule has 0 bridgehead atoms. The average Bonchev–Trinajstić information content (AvgIpc) is 2.73. The van der Waals surface area contributed by atoms with Crippen LogP contribution in [0.5, 0.6) is 0 Å². The first-order valence-corrected chi connectivity index (χ1v) is 5.74. The Bertz CT molecular complexity index is 388. The molecule has 0 N–H and O–H groups in total. The number of nitrogens with zero attached hydrogens (tertiary/aromatic N) is 2. The van der Waals surface area contributed by atoms with Crippen LogP contribution in [0.15, 0.2) is 5.38 Å². The SMILES string of the molecule is CC(C)(C)c1csc(C2(C#N)CC2)n1. The maximum absolute atomic E-state index is 9.04. The van der Waals surface area contributed by atoms with Crippen molar-refractivity contribution in [3.05, 3.63) is 16.1 Å². The minimum Gasteiger partial charge on any atom is -0.244 e. The summed E-state index contributed by atoms with van der Waals surface area (Å²) in [5.74, 6) is 0. The molecule has 1 saturated carbocycles. The van der Waals surface area contributed by atoms with Crippen LogP contribution in [0.25, 0.3) is 0 Å². The molecule has 1 heterocycles. The molecule has 0 unspecified atom stereocenters. The number of hydrogen-bond donors (Lipinski definition) is 0. The minimum atomic E-state index is -0.214. The number of aromatic nitrogens is 1. The molecular formula is C11H14N2S. The van der Waals surface area contributed by atoms with Gasteiger partial charge in [0.05, 0.1) is 11.8 Å². The van der Waals surface area contributed by atoms with Crippen LogP contribution in [-0.4, -0.2) is 4.98 Å². The van der Waals surface area contributed by atoms with Gasteiger partial charge in [-0.1, -0.05) is 20.8 Å². The lowest BCUT2D eigenvalue weighted by Gasteiger charge is -2.14. The monoisotopic (exact) mass is 206 g/mol. The molecule has 0 saturated heterocycles. The fraction of sp³-hybridized carbons (Fsp3) is 0.636. The highest BCUT2D eigenvalue weighted by molar-refractivity contribution is 7.10. The van der Waals surface area contributed by atoms with Crippen molar-refractivity contribution in [2.24, 2.45) is 0 Å². The summed E-state index contributed by atoms with van der Waals surface area (Å²) in [7, 11) is 0. The van der Waals surface area contributed by atoms with Gasteiger partial charge in [-0.05, 0) is 12.8 Å². The highest BCUT2D eigenvalue weighted by atomic mass is 32.1. The summed E-state index contributed by atoms with van der Waals surface area (Å²) in [6.07, 6.45) is 1.97. The molecule has 3 heteroatoms. The molecular weight excluding hydrogens is 192 g/mol. The second kappa shape index (κ2) is 2.80. The molecule has 1 aliphatic rings. The molecule has 74 valence electrons. The quantitative estimate of drug-likeness (QED) is 0.708. The van der Waals surface area contributed by atoms with Crippen LogP contribution in [0, 0.1) is 11.3 Å². The summed E-state index contributed by atoms with van der Waals surface area (Å²) >= 11 is 1.64. The largest absolute Gasteiger partial charge is 0.244 e. The number of nitriles is 1. The van der Waals surface area contributed by atoms with Crippen molar-refractivity contribution in [2.75, 3.05) is 0 Å². The van der Waals surface area contributed by atoms with Gasteiger partial charge in [0.1, 0.15) is 10.4 Å². The van der Waals surface area contributed by atoms with Gasteiger partial charge < -0.3 is 0 Å². The number of thiazole rings is 1. The zero-order chi connectivity index (χ0) is 10.4. The van der Waals surface area contributed by atoms with E-state index >= 15 is 0 Å². The summed E-state index contributed by atoms with van der Waals surface area (Å²) < 4.78 is 0. The van der Waals surface area contributed by atoms with Crippen molar-refractivity contribution < 1.29 is 0 Å². The van der Waals surface area contributed by atoms with E-state index in [4.69, 9.17) is 5.26 Å². The van der Waals surface area contributed by atoms with Crippen molar-refractivity contribution in [1.29, 1.82) is 5.26 Å². The van der Waals surface area contributed by atoms with Gasteiger partial charge in [0, 0.05) is 10.8 Å². The first kappa shape index (κ1) is 9.67. The minimum absolute atomic E-state index is 0.0975. The summed E-state index contributed by atoms with van der Waals surface area (Å²) in [6, 6.07) is 2.38. The number of hydrogen-bond acceptors (Lipinski definition) is 3. The van der Waals surface area contributed by atoms with E-state index in [1.54, 1.807) is 11.3 Å². The smallest absolute Gasteiger partial charge is 0.113 e. The van der Waals surface area contributed by atoms with Gasteiger partial charge in [0.2, 0.25) is 0 Å². The van der Waals surface area contributed by atoms with Gasteiger partial charge in [-0.25, -0.2) is 4.98 Å². The predicted octanol–water partition coefficient (Wildman–Crippen LogP) is 3.00. The van der Waals surface area contributed by atoms with Crippen molar-refractivity contribution in [3.63, 3.8) is 0 Å². The second-order valence-electron chi connectivity index (χ2n) is 4.98. The van der Waals surface area contributed by atoms with Crippen LogP contribution < -0.4 is 0 Å². The van der Waals surface area contributed by atoms with E-state index in [-0.39, 0.29) is 10.8 Å². The van der Waals surface area contributed by atoms with Gasteiger partial charge in [-0.2, -0.15) is 5.26 Å². The highest BCUT2D eigenvalue weighted by Gasteiger charge is 2.47. The summed E-state index contributed by atoms with van der Waals surface area (Å²) in [4.78, 5) is 4.58. The fourth-order valence-corrected chi connectivity index (χ4v) is 2.59. The maximum Gasteiger partial charge on any atom is 0.113 e. The molecule has 1 aliphatic carbocycles. The van der Waals surface area contributed by atoms with E-state index in [0.29, 0.717) is 0 Å². The first-order valence-electron chi connectivity index (χ1n) is 4.86. The van der Waals surface area contributed by atoms with E-state index in [1.807, 2.05) is 0 Å². The van der Waals surface area contributed by atoms with Crippen LogP contribution in [0.3, 0.4) is 0 Å². The van der Waals surface area contributed by atoms with Crippen LogP contribution in [0.1, 0.15) is 44.3 Å². The Balaban J connectivity index is 2.32. The van der Waals surface area contributed by atoms with Crippen LogP contribution in [-0.2, 0) is 10.8 Å². The highest BCUT2D eigenvalue weighted by Crippen LogP contribution is 2.49. The van der Waals surface area contributed by atoms with E-state index in [1.165, 1.54) is 0 Å². The van der Waals surface area contributed by atoms with E-state index in [2.05, 4.69) is 37.2 Å². The molecule has 0 amide bonds. The molecule has 0 spiro atoms. The summed E-state index contributed by atoms with van der Waals surface area (Å²) in [5, 5.41) is 12.1. The number of rotatable bonds is 1. The Morgan fingerprint density at radius 1 is 1.50 bits per heavy atom. The lowest BCUT2D eigenvalue weighted by molar-refractivity contribution is 0.569. The van der Waals surface area contributed by atoms with E-state index in [9.17, 15) is 0 Å². The Kier molecular flexibility index (Phi) is 1.94. The molecule has 2 rings (SSSR count). The molecule has 0 aromatic carbocycles. The average molecular weight is 206 g/mol. The molecule has 1 fully saturated rings. The Morgan fingerprint density at radius 2 is 2.14 bits per heavy atom. The van der Waals surface area contributed by atoms with Gasteiger partial charge in [0.15, 0.2) is 0 Å².